The predicted octanol–water partition coefficient (Wildman–Crippen LogP) is 0.662. The number of hydrogen-bond acceptors (Lipinski definition) is 1. The number of amides is 1. The fraction of sp³-hybridized carbons (Fsp3) is 0.800. The third-order valence-corrected chi connectivity index (χ3v) is 0.600. The maximum atomic E-state index is 10.1. The molecule has 2 N–H and O–H groups in total. The molecule has 0 saturated carbocycles. The Morgan fingerprint density at radius 1 is 2.00 bits per heavy atom. The van der Waals surface area contributed by atoms with E-state index in [1.807, 2.05) is 0 Å². The lowest BCUT2D eigenvalue weighted by Crippen LogP contribution is -2.09. The summed E-state index contributed by atoms with van der Waals surface area (Å²) in [5, 5.41) is 0. The molecule has 2 nitrogen and oxygen atoms in total. The van der Waals surface area contributed by atoms with Crippen molar-refractivity contribution in [2.75, 3.05) is 0 Å². The highest BCUT2D eigenvalue weighted by atomic mass is 16.1. The normalized spacial score (nSPS) is 16.9. The van der Waals surface area contributed by atoms with Gasteiger partial charge in [-0.05, 0) is 6.42 Å². The lowest BCUT2D eigenvalue weighted by Gasteiger charge is -1.86. The van der Waals surface area contributed by atoms with Crippen LogP contribution in [0.1, 0.15) is 30.2 Å². The quantitative estimate of drug-likeness (QED) is 0.561. The highest BCUT2D eigenvalue weighted by Gasteiger charge is 1.88. The highest BCUT2D eigenvalue weighted by molar-refractivity contribution is 5.73. The van der Waals surface area contributed by atoms with E-state index in [1.165, 1.54) is 0 Å². The molecule has 0 radical (unpaired) electrons. The zero-order chi connectivity index (χ0) is 8.20. The Hall–Kier alpha value is -0.530. The van der Waals surface area contributed by atoms with Gasteiger partial charge in [0.1, 0.15) is 0 Å². The first-order valence-corrected chi connectivity index (χ1v) is 2.20. The van der Waals surface area contributed by atoms with Crippen LogP contribution in [0.4, 0.5) is 0 Å². The van der Waals surface area contributed by atoms with Crippen LogP contribution >= 0.6 is 0 Å². The topological polar surface area (TPSA) is 43.1 Å². The SMILES string of the molecule is [2H]C([2H])([2H])CCCC(N)=O. The van der Waals surface area contributed by atoms with Crippen molar-refractivity contribution in [2.45, 2.75) is 26.1 Å². The second-order valence-corrected chi connectivity index (χ2v) is 1.32. The summed E-state index contributed by atoms with van der Waals surface area (Å²) in [4.78, 5) is 10.1. The molecule has 0 aliphatic carbocycles. The number of rotatable bonds is 3. The van der Waals surface area contributed by atoms with Gasteiger partial charge in [0.2, 0.25) is 5.91 Å². The molecule has 0 saturated heterocycles. The number of hydrogen-bond donors (Lipinski definition) is 1. The molecule has 0 fully saturated rings. The number of carbonyl (C=O) groups is 1. The van der Waals surface area contributed by atoms with Crippen LogP contribution in [0, 0.1) is 0 Å². The van der Waals surface area contributed by atoms with Gasteiger partial charge in [-0.25, -0.2) is 0 Å². The fourth-order valence-electron chi connectivity index (χ4n) is 0.263. The second kappa shape index (κ2) is 3.65. The van der Waals surface area contributed by atoms with Gasteiger partial charge in [-0.2, -0.15) is 0 Å². The summed E-state index contributed by atoms with van der Waals surface area (Å²) >= 11 is 0. The van der Waals surface area contributed by atoms with Crippen LogP contribution in [0.15, 0.2) is 0 Å². The highest BCUT2D eigenvalue weighted by Crippen LogP contribution is 1.89. The Bertz CT molecular complexity index is 121. The maximum Gasteiger partial charge on any atom is 0.217 e. The van der Waals surface area contributed by atoms with Crippen molar-refractivity contribution in [3.8, 4) is 0 Å². The summed E-state index contributed by atoms with van der Waals surface area (Å²) < 4.78 is 20.3. The van der Waals surface area contributed by atoms with Crippen LogP contribution in [0.3, 0.4) is 0 Å². The fourth-order valence-corrected chi connectivity index (χ4v) is 0.263. The van der Waals surface area contributed by atoms with Crippen molar-refractivity contribution in [3.63, 3.8) is 0 Å². The summed E-state index contributed by atoms with van der Waals surface area (Å²) in [7, 11) is 0. The van der Waals surface area contributed by atoms with E-state index in [4.69, 9.17) is 9.85 Å². The summed E-state index contributed by atoms with van der Waals surface area (Å²) in [5.74, 6) is -0.441. The maximum absolute atomic E-state index is 10.1. The lowest BCUT2D eigenvalue weighted by atomic mass is 10.2. The van der Waals surface area contributed by atoms with Crippen molar-refractivity contribution in [2.24, 2.45) is 5.73 Å². The third kappa shape index (κ3) is 5.47. The van der Waals surface area contributed by atoms with Crippen molar-refractivity contribution in [3.05, 3.63) is 0 Å². The molecule has 0 aromatic heterocycles. The summed E-state index contributed by atoms with van der Waals surface area (Å²) in [5.41, 5.74) is 4.80. The van der Waals surface area contributed by atoms with Crippen LogP contribution in [0.25, 0.3) is 0 Å². The molecule has 0 bridgehead atoms. The summed E-state index contributed by atoms with van der Waals surface area (Å²) in [6, 6.07) is 0. The van der Waals surface area contributed by atoms with Crippen molar-refractivity contribution in [1.29, 1.82) is 0 Å². The molecule has 42 valence electrons. The van der Waals surface area contributed by atoms with Crippen LogP contribution in [0.5, 0.6) is 0 Å². The standard InChI is InChI=1S/C5H11NO/c1-2-3-4-5(6)7/h2-4H2,1H3,(H2,6,7)/i1D3. The van der Waals surface area contributed by atoms with Crippen LogP contribution in [0.2, 0.25) is 0 Å². The molecule has 0 heterocycles. The van der Waals surface area contributed by atoms with Gasteiger partial charge in [-0.3, -0.25) is 4.79 Å². The van der Waals surface area contributed by atoms with Crippen molar-refractivity contribution in [1.82, 2.24) is 0 Å². The molecule has 0 atom stereocenters. The van der Waals surface area contributed by atoms with Crippen LogP contribution in [-0.4, -0.2) is 5.91 Å². The van der Waals surface area contributed by atoms with E-state index in [-0.39, 0.29) is 12.8 Å². The summed E-state index contributed by atoms with van der Waals surface area (Å²) in [6.45, 7) is -1.92. The number of nitrogens with two attached hydrogens (primary N) is 1. The first kappa shape index (κ1) is 2.70. The van der Waals surface area contributed by atoms with Gasteiger partial charge in [0, 0.05) is 10.5 Å². The second-order valence-electron chi connectivity index (χ2n) is 1.32. The molecule has 0 unspecified atom stereocenters. The zero-order valence-corrected chi connectivity index (χ0v) is 4.11. The minimum absolute atomic E-state index is 0.0654. The first-order chi connectivity index (χ1) is 4.42. The van der Waals surface area contributed by atoms with Gasteiger partial charge < -0.3 is 5.73 Å². The largest absolute Gasteiger partial charge is 0.370 e. The molecule has 7 heavy (non-hydrogen) atoms. The minimum Gasteiger partial charge on any atom is -0.370 e. The van der Waals surface area contributed by atoms with E-state index in [1.54, 1.807) is 0 Å². The molecule has 0 spiro atoms. The van der Waals surface area contributed by atoms with Gasteiger partial charge in [-0.15, -0.1) is 0 Å². The molecule has 0 aromatic carbocycles. The average molecular weight is 104 g/mol. The van der Waals surface area contributed by atoms with Crippen molar-refractivity contribution >= 4 is 5.91 Å². The van der Waals surface area contributed by atoms with Gasteiger partial charge in [-0.1, -0.05) is 13.3 Å². The molecular weight excluding hydrogens is 90.1 g/mol. The monoisotopic (exact) mass is 104 g/mol. The molecular formula is C5H11NO. The van der Waals surface area contributed by atoms with Gasteiger partial charge in [0.05, 0.1) is 0 Å². The van der Waals surface area contributed by atoms with E-state index >= 15 is 0 Å². The molecule has 2 heteroatoms. The van der Waals surface area contributed by atoms with Crippen LogP contribution < -0.4 is 5.73 Å². The van der Waals surface area contributed by atoms with E-state index in [9.17, 15) is 4.79 Å². The number of carbonyl (C=O) groups excluding carboxylic acids is 1. The smallest absolute Gasteiger partial charge is 0.217 e. The lowest BCUT2D eigenvalue weighted by molar-refractivity contribution is -0.118. The predicted molar refractivity (Wildman–Crippen MR) is 28.7 cm³/mol. The third-order valence-electron chi connectivity index (χ3n) is 0.600. The van der Waals surface area contributed by atoms with E-state index in [0.29, 0.717) is 6.42 Å². The van der Waals surface area contributed by atoms with Crippen molar-refractivity contribution < 1.29 is 8.91 Å². The average Bonchev–Trinajstić information content (AvgIpc) is 1.59. The Labute approximate surface area is 47.9 Å². The van der Waals surface area contributed by atoms with Gasteiger partial charge >= 0.3 is 0 Å². The first-order valence-electron chi connectivity index (χ1n) is 3.70. The minimum atomic E-state index is -1.92. The number of primary amides is 1. The molecule has 0 aromatic rings. The Kier molecular flexibility index (Phi) is 1.41. The van der Waals surface area contributed by atoms with E-state index in [0.717, 1.165) is 0 Å². The summed E-state index contributed by atoms with van der Waals surface area (Å²) in [6.07, 6.45) is 0.583. The Morgan fingerprint density at radius 3 is 3.14 bits per heavy atom. The van der Waals surface area contributed by atoms with Crippen LogP contribution in [-0.2, 0) is 4.79 Å². The molecule has 0 aliphatic rings. The molecule has 1 amide bonds. The van der Waals surface area contributed by atoms with Gasteiger partial charge in [0.15, 0.2) is 0 Å². The van der Waals surface area contributed by atoms with E-state index < -0.39 is 12.8 Å². The molecule has 0 aliphatic heterocycles. The van der Waals surface area contributed by atoms with Gasteiger partial charge in [0.25, 0.3) is 0 Å². The molecule has 0 rings (SSSR count). The Balaban J connectivity index is 3.29. The Morgan fingerprint density at radius 2 is 2.71 bits per heavy atom. The zero-order valence-electron chi connectivity index (χ0n) is 7.11. The van der Waals surface area contributed by atoms with E-state index in [2.05, 4.69) is 0 Å².